The summed E-state index contributed by atoms with van der Waals surface area (Å²) in [5, 5.41) is 2.97. The first kappa shape index (κ1) is 20.7. The second kappa shape index (κ2) is 9.96. The number of likely N-dealkylation sites (tertiary alicyclic amines) is 1. The molecule has 1 fully saturated rings. The predicted molar refractivity (Wildman–Crippen MR) is 111 cm³/mol. The molecule has 1 atom stereocenters. The van der Waals surface area contributed by atoms with Gasteiger partial charge in [-0.05, 0) is 36.1 Å². The van der Waals surface area contributed by atoms with E-state index >= 15 is 0 Å². The van der Waals surface area contributed by atoms with Gasteiger partial charge in [-0.2, -0.15) is 0 Å². The summed E-state index contributed by atoms with van der Waals surface area (Å²) < 4.78 is 10.6. The number of methoxy groups -OCH3 is 2. The molecule has 0 aromatic heterocycles. The molecule has 1 heterocycles. The molecule has 6 heteroatoms. The summed E-state index contributed by atoms with van der Waals surface area (Å²) in [6.07, 6.45) is 1.77. The van der Waals surface area contributed by atoms with Crippen molar-refractivity contribution in [3.8, 4) is 11.5 Å². The zero-order valence-electron chi connectivity index (χ0n) is 17.0. The van der Waals surface area contributed by atoms with E-state index in [4.69, 9.17) is 9.47 Å². The molecular formula is C23H28N2O4. The van der Waals surface area contributed by atoms with Crippen LogP contribution < -0.4 is 14.8 Å². The van der Waals surface area contributed by atoms with Gasteiger partial charge >= 0.3 is 0 Å². The van der Waals surface area contributed by atoms with Crippen molar-refractivity contribution >= 4 is 11.8 Å². The molecule has 0 unspecified atom stereocenters. The third-order valence-electron chi connectivity index (χ3n) is 5.26. The molecule has 0 radical (unpaired) electrons. The van der Waals surface area contributed by atoms with Crippen LogP contribution in [0, 0.1) is 5.92 Å². The lowest BCUT2D eigenvalue weighted by atomic mass is 10.1. The van der Waals surface area contributed by atoms with Crippen molar-refractivity contribution < 1.29 is 19.1 Å². The van der Waals surface area contributed by atoms with Gasteiger partial charge in [-0.1, -0.05) is 36.4 Å². The summed E-state index contributed by atoms with van der Waals surface area (Å²) in [5.74, 6) is 1.08. The van der Waals surface area contributed by atoms with E-state index in [2.05, 4.69) is 5.32 Å². The molecule has 6 nitrogen and oxygen atoms in total. The summed E-state index contributed by atoms with van der Waals surface area (Å²) in [5.41, 5.74) is 2.25. The van der Waals surface area contributed by atoms with Gasteiger partial charge in [0, 0.05) is 26.1 Å². The Labute approximate surface area is 171 Å². The van der Waals surface area contributed by atoms with Crippen molar-refractivity contribution in [2.45, 2.75) is 19.3 Å². The van der Waals surface area contributed by atoms with Crippen LogP contribution in [0.5, 0.6) is 11.5 Å². The Morgan fingerprint density at radius 2 is 1.79 bits per heavy atom. The number of nitrogens with zero attached hydrogens (tertiary/aromatic N) is 1. The fraction of sp³-hybridized carbons (Fsp3) is 0.391. The zero-order chi connectivity index (χ0) is 20.6. The fourth-order valence-corrected chi connectivity index (χ4v) is 3.58. The Kier molecular flexibility index (Phi) is 7.11. The molecule has 0 aliphatic carbocycles. The number of carbonyl (C=O) groups excluding carboxylic acids is 2. The summed E-state index contributed by atoms with van der Waals surface area (Å²) in [4.78, 5) is 26.5. The molecule has 154 valence electrons. The SMILES string of the molecule is COc1ccc(CCN2C[C@H](C(=O)NCCc3ccccc3)CC2=O)cc1OC. The lowest BCUT2D eigenvalue weighted by Gasteiger charge is -2.17. The fourth-order valence-electron chi connectivity index (χ4n) is 3.58. The molecule has 0 saturated carbocycles. The van der Waals surface area contributed by atoms with Crippen LogP contribution in [0.25, 0.3) is 0 Å². The maximum absolute atomic E-state index is 12.4. The van der Waals surface area contributed by atoms with E-state index in [-0.39, 0.29) is 24.2 Å². The smallest absolute Gasteiger partial charge is 0.225 e. The second-order valence-electron chi connectivity index (χ2n) is 7.21. The summed E-state index contributed by atoms with van der Waals surface area (Å²) >= 11 is 0. The number of hydrogen-bond donors (Lipinski definition) is 1. The van der Waals surface area contributed by atoms with Crippen LogP contribution in [0.3, 0.4) is 0 Å². The van der Waals surface area contributed by atoms with Crippen LogP contribution >= 0.6 is 0 Å². The van der Waals surface area contributed by atoms with E-state index in [0.717, 1.165) is 12.0 Å². The molecule has 0 spiro atoms. The van der Waals surface area contributed by atoms with E-state index in [9.17, 15) is 9.59 Å². The second-order valence-corrected chi connectivity index (χ2v) is 7.21. The molecule has 2 aromatic rings. The van der Waals surface area contributed by atoms with Crippen molar-refractivity contribution in [3.05, 3.63) is 59.7 Å². The molecule has 29 heavy (non-hydrogen) atoms. The van der Waals surface area contributed by atoms with Crippen molar-refractivity contribution in [3.63, 3.8) is 0 Å². The van der Waals surface area contributed by atoms with Crippen LogP contribution in [0.1, 0.15) is 17.5 Å². The van der Waals surface area contributed by atoms with Crippen molar-refractivity contribution in [1.29, 1.82) is 0 Å². The molecule has 1 aliphatic heterocycles. The average molecular weight is 396 g/mol. The number of benzene rings is 2. The zero-order valence-corrected chi connectivity index (χ0v) is 17.0. The first-order chi connectivity index (χ1) is 14.1. The van der Waals surface area contributed by atoms with E-state index in [1.165, 1.54) is 5.56 Å². The first-order valence-electron chi connectivity index (χ1n) is 9.91. The van der Waals surface area contributed by atoms with Crippen molar-refractivity contribution in [2.75, 3.05) is 33.9 Å². The molecule has 1 saturated heterocycles. The van der Waals surface area contributed by atoms with Crippen molar-refractivity contribution in [2.24, 2.45) is 5.92 Å². The Hall–Kier alpha value is -3.02. The molecule has 1 aliphatic rings. The Balaban J connectivity index is 1.46. The van der Waals surface area contributed by atoms with Crippen molar-refractivity contribution in [1.82, 2.24) is 10.2 Å². The van der Waals surface area contributed by atoms with Crippen LogP contribution in [0.2, 0.25) is 0 Å². The number of carbonyl (C=O) groups is 2. The van der Waals surface area contributed by atoms with E-state index < -0.39 is 0 Å². The van der Waals surface area contributed by atoms with E-state index in [1.807, 2.05) is 48.5 Å². The minimum Gasteiger partial charge on any atom is -0.493 e. The summed E-state index contributed by atoms with van der Waals surface area (Å²) in [6.45, 7) is 1.64. The quantitative estimate of drug-likeness (QED) is 0.707. The van der Waals surface area contributed by atoms with Gasteiger partial charge in [0.15, 0.2) is 11.5 Å². The number of hydrogen-bond acceptors (Lipinski definition) is 4. The number of ether oxygens (including phenoxy) is 2. The van der Waals surface area contributed by atoms with Crippen LogP contribution in [0.15, 0.2) is 48.5 Å². The van der Waals surface area contributed by atoms with Crippen LogP contribution in [-0.2, 0) is 22.4 Å². The van der Waals surface area contributed by atoms with Gasteiger partial charge < -0.3 is 19.7 Å². The third kappa shape index (κ3) is 5.50. The maximum Gasteiger partial charge on any atom is 0.225 e. The minimum absolute atomic E-state index is 0.0358. The summed E-state index contributed by atoms with van der Waals surface area (Å²) in [7, 11) is 3.21. The standard InChI is InChI=1S/C23H28N2O4/c1-28-20-9-8-18(14-21(20)29-2)11-13-25-16-19(15-22(25)26)23(27)24-12-10-17-6-4-3-5-7-17/h3-9,14,19H,10-13,15-16H2,1-2H3,(H,24,27)/t19-/m1/s1. The highest BCUT2D eigenvalue weighted by Gasteiger charge is 2.33. The minimum atomic E-state index is -0.274. The normalized spacial score (nSPS) is 16.0. The molecule has 2 aromatic carbocycles. The number of rotatable bonds is 9. The molecule has 1 N–H and O–H groups in total. The van der Waals surface area contributed by atoms with Gasteiger partial charge in [0.05, 0.1) is 20.1 Å². The Morgan fingerprint density at radius 3 is 2.52 bits per heavy atom. The highest BCUT2D eigenvalue weighted by molar-refractivity contribution is 5.89. The van der Waals surface area contributed by atoms with Gasteiger partial charge in [-0.15, -0.1) is 0 Å². The Morgan fingerprint density at radius 1 is 1.03 bits per heavy atom. The molecule has 0 bridgehead atoms. The number of amides is 2. The summed E-state index contributed by atoms with van der Waals surface area (Å²) in [6, 6.07) is 15.8. The van der Waals surface area contributed by atoms with Gasteiger partial charge in [-0.25, -0.2) is 0 Å². The largest absolute Gasteiger partial charge is 0.493 e. The van der Waals surface area contributed by atoms with Gasteiger partial charge in [0.2, 0.25) is 11.8 Å². The maximum atomic E-state index is 12.4. The van der Waals surface area contributed by atoms with Crippen LogP contribution in [0.4, 0.5) is 0 Å². The highest BCUT2D eigenvalue weighted by Crippen LogP contribution is 2.28. The van der Waals surface area contributed by atoms with Gasteiger partial charge in [0.25, 0.3) is 0 Å². The molecular weight excluding hydrogens is 368 g/mol. The average Bonchev–Trinajstić information content (AvgIpc) is 3.13. The monoisotopic (exact) mass is 396 g/mol. The van der Waals surface area contributed by atoms with E-state index in [0.29, 0.717) is 37.6 Å². The topological polar surface area (TPSA) is 67.9 Å². The third-order valence-corrected chi connectivity index (χ3v) is 5.26. The lowest BCUT2D eigenvalue weighted by Crippen LogP contribution is -2.34. The molecule has 3 rings (SSSR count). The molecule has 2 amide bonds. The first-order valence-corrected chi connectivity index (χ1v) is 9.91. The predicted octanol–water partition coefficient (Wildman–Crippen LogP) is 2.45. The van der Waals surface area contributed by atoms with E-state index in [1.54, 1.807) is 19.1 Å². The van der Waals surface area contributed by atoms with Gasteiger partial charge in [-0.3, -0.25) is 9.59 Å². The highest BCUT2D eigenvalue weighted by atomic mass is 16.5. The number of nitrogens with one attached hydrogen (secondary N) is 1. The van der Waals surface area contributed by atoms with Crippen LogP contribution in [-0.4, -0.2) is 50.6 Å². The van der Waals surface area contributed by atoms with Gasteiger partial charge in [0.1, 0.15) is 0 Å². The Bertz CT molecular complexity index is 838. The lowest BCUT2D eigenvalue weighted by molar-refractivity contribution is -0.129.